The van der Waals surface area contributed by atoms with Crippen molar-refractivity contribution in [2.24, 2.45) is 0 Å². The molecule has 0 saturated heterocycles. The zero-order chi connectivity index (χ0) is 17.1. The molecule has 0 aliphatic heterocycles. The zero-order valence-electron chi connectivity index (χ0n) is 13.4. The Morgan fingerprint density at radius 1 is 1.21 bits per heavy atom. The SMILES string of the molecule is Cc1c(CC(=O)Nc2ccc(-n3ccnc3C)cc2)nc[nH]c1=O. The maximum Gasteiger partial charge on any atom is 0.253 e. The van der Waals surface area contributed by atoms with Gasteiger partial charge in [0.05, 0.1) is 18.4 Å². The van der Waals surface area contributed by atoms with Crippen LogP contribution in [0.15, 0.2) is 47.8 Å². The number of hydrogen-bond donors (Lipinski definition) is 2. The van der Waals surface area contributed by atoms with Gasteiger partial charge in [-0.05, 0) is 38.1 Å². The van der Waals surface area contributed by atoms with E-state index in [1.807, 2.05) is 42.0 Å². The van der Waals surface area contributed by atoms with E-state index >= 15 is 0 Å². The number of aromatic amines is 1. The molecule has 0 spiro atoms. The van der Waals surface area contributed by atoms with Crippen LogP contribution in [-0.2, 0) is 11.2 Å². The van der Waals surface area contributed by atoms with Crippen molar-refractivity contribution in [2.75, 3.05) is 5.32 Å². The first-order chi connectivity index (χ1) is 11.5. The Hall–Kier alpha value is -3.22. The fraction of sp³-hybridized carbons (Fsp3) is 0.176. The van der Waals surface area contributed by atoms with E-state index in [9.17, 15) is 9.59 Å². The molecule has 2 N–H and O–H groups in total. The summed E-state index contributed by atoms with van der Waals surface area (Å²) in [5, 5.41) is 2.81. The maximum atomic E-state index is 12.1. The number of imidazole rings is 1. The third-order valence-corrected chi connectivity index (χ3v) is 3.77. The molecule has 0 fully saturated rings. The van der Waals surface area contributed by atoms with E-state index in [2.05, 4.69) is 20.3 Å². The number of anilines is 1. The number of H-pyrrole nitrogens is 1. The lowest BCUT2D eigenvalue weighted by Crippen LogP contribution is -2.20. The van der Waals surface area contributed by atoms with Crippen LogP contribution in [0.2, 0.25) is 0 Å². The lowest BCUT2D eigenvalue weighted by Gasteiger charge is -2.08. The van der Waals surface area contributed by atoms with Gasteiger partial charge in [0.2, 0.25) is 5.91 Å². The summed E-state index contributed by atoms with van der Waals surface area (Å²) >= 11 is 0. The highest BCUT2D eigenvalue weighted by molar-refractivity contribution is 5.92. The van der Waals surface area contributed by atoms with Gasteiger partial charge in [0.1, 0.15) is 5.82 Å². The van der Waals surface area contributed by atoms with Crippen molar-refractivity contribution >= 4 is 11.6 Å². The zero-order valence-corrected chi connectivity index (χ0v) is 13.4. The second-order valence-corrected chi connectivity index (χ2v) is 5.42. The van der Waals surface area contributed by atoms with Crippen LogP contribution in [0.3, 0.4) is 0 Å². The Bertz CT molecular complexity index is 925. The monoisotopic (exact) mass is 323 g/mol. The van der Waals surface area contributed by atoms with Gasteiger partial charge < -0.3 is 14.9 Å². The summed E-state index contributed by atoms with van der Waals surface area (Å²) in [5.41, 5.74) is 2.35. The highest BCUT2D eigenvalue weighted by atomic mass is 16.1. The van der Waals surface area contributed by atoms with Crippen LogP contribution < -0.4 is 10.9 Å². The molecular formula is C17H17N5O2. The number of aromatic nitrogens is 4. The largest absolute Gasteiger partial charge is 0.326 e. The number of aryl methyl sites for hydroxylation is 1. The fourth-order valence-corrected chi connectivity index (χ4v) is 2.40. The number of benzene rings is 1. The van der Waals surface area contributed by atoms with Crippen molar-refractivity contribution in [1.82, 2.24) is 19.5 Å². The summed E-state index contributed by atoms with van der Waals surface area (Å²) < 4.78 is 1.95. The Labute approximate surface area is 138 Å². The van der Waals surface area contributed by atoms with Crippen LogP contribution in [0.5, 0.6) is 0 Å². The smallest absolute Gasteiger partial charge is 0.253 e. The van der Waals surface area contributed by atoms with Crippen LogP contribution in [-0.4, -0.2) is 25.4 Å². The molecule has 2 aromatic heterocycles. The Balaban J connectivity index is 1.70. The molecule has 1 aromatic carbocycles. The Morgan fingerprint density at radius 3 is 2.62 bits per heavy atom. The summed E-state index contributed by atoms with van der Waals surface area (Å²) in [4.78, 5) is 34.4. The molecule has 0 atom stereocenters. The molecule has 2 heterocycles. The molecule has 0 bridgehead atoms. The van der Waals surface area contributed by atoms with Gasteiger partial charge in [-0.3, -0.25) is 9.59 Å². The first-order valence-corrected chi connectivity index (χ1v) is 7.48. The lowest BCUT2D eigenvalue weighted by molar-refractivity contribution is -0.115. The van der Waals surface area contributed by atoms with Crippen LogP contribution in [0.1, 0.15) is 17.1 Å². The topological polar surface area (TPSA) is 92.7 Å². The second-order valence-electron chi connectivity index (χ2n) is 5.42. The van der Waals surface area contributed by atoms with E-state index in [1.54, 1.807) is 13.1 Å². The number of rotatable bonds is 4. The Morgan fingerprint density at radius 2 is 1.96 bits per heavy atom. The predicted molar refractivity (Wildman–Crippen MR) is 90.2 cm³/mol. The standard InChI is InChI=1S/C17H17N5O2/c1-11-15(19-10-20-17(11)24)9-16(23)21-13-3-5-14(6-4-13)22-8-7-18-12(22)2/h3-8,10H,9H2,1-2H3,(H,21,23)(H,19,20,24). The molecule has 1 amide bonds. The van der Waals surface area contributed by atoms with Gasteiger partial charge in [0.25, 0.3) is 5.56 Å². The first kappa shape index (κ1) is 15.7. The predicted octanol–water partition coefficient (Wildman–Crippen LogP) is 1.75. The van der Waals surface area contributed by atoms with E-state index in [4.69, 9.17) is 0 Å². The highest BCUT2D eigenvalue weighted by Gasteiger charge is 2.10. The number of nitrogens with one attached hydrogen (secondary N) is 2. The molecule has 122 valence electrons. The van der Waals surface area contributed by atoms with Crippen molar-refractivity contribution in [1.29, 1.82) is 0 Å². The average Bonchev–Trinajstić information content (AvgIpc) is 2.99. The molecule has 0 unspecified atom stereocenters. The minimum Gasteiger partial charge on any atom is -0.326 e. The van der Waals surface area contributed by atoms with E-state index in [1.165, 1.54) is 6.33 Å². The maximum absolute atomic E-state index is 12.1. The fourth-order valence-electron chi connectivity index (χ4n) is 2.40. The van der Waals surface area contributed by atoms with Crippen molar-refractivity contribution < 1.29 is 4.79 Å². The third kappa shape index (κ3) is 3.24. The van der Waals surface area contributed by atoms with Crippen LogP contribution >= 0.6 is 0 Å². The average molecular weight is 323 g/mol. The molecule has 24 heavy (non-hydrogen) atoms. The molecule has 0 radical (unpaired) electrons. The molecule has 0 aliphatic carbocycles. The number of amides is 1. The number of nitrogens with zero attached hydrogens (tertiary/aromatic N) is 3. The van der Waals surface area contributed by atoms with E-state index in [-0.39, 0.29) is 17.9 Å². The van der Waals surface area contributed by atoms with Gasteiger partial charge in [-0.15, -0.1) is 0 Å². The first-order valence-electron chi connectivity index (χ1n) is 7.48. The molecular weight excluding hydrogens is 306 g/mol. The molecule has 3 rings (SSSR count). The van der Waals surface area contributed by atoms with Crippen LogP contribution in [0, 0.1) is 13.8 Å². The van der Waals surface area contributed by atoms with Crippen LogP contribution in [0.4, 0.5) is 5.69 Å². The minimum atomic E-state index is -0.229. The Kier molecular flexibility index (Phi) is 4.24. The summed E-state index contributed by atoms with van der Waals surface area (Å²) in [6.45, 7) is 3.57. The minimum absolute atomic E-state index is 0.0537. The quantitative estimate of drug-likeness (QED) is 0.765. The summed E-state index contributed by atoms with van der Waals surface area (Å²) in [6, 6.07) is 7.46. The highest BCUT2D eigenvalue weighted by Crippen LogP contribution is 2.15. The van der Waals surface area contributed by atoms with Gasteiger partial charge >= 0.3 is 0 Å². The van der Waals surface area contributed by atoms with Crippen LogP contribution in [0.25, 0.3) is 5.69 Å². The van der Waals surface area contributed by atoms with E-state index < -0.39 is 0 Å². The van der Waals surface area contributed by atoms with E-state index in [0.717, 1.165) is 11.5 Å². The summed E-state index contributed by atoms with van der Waals surface area (Å²) in [5.74, 6) is 0.672. The van der Waals surface area contributed by atoms with Gasteiger partial charge in [-0.1, -0.05) is 0 Å². The van der Waals surface area contributed by atoms with E-state index in [0.29, 0.717) is 16.9 Å². The second kappa shape index (κ2) is 6.49. The molecule has 7 nitrogen and oxygen atoms in total. The third-order valence-electron chi connectivity index (χ3n) is 3.77. The van der Waals surface area contributed by atoms with Gasteiger partial charge in [-0.25, -0.2) is 9.97 Å². The normalized spacial score (nSPS) is 10.6. The number of hydrogen-bond acceptors (Lipinski definition) is 4. The van der Waals surface area contributed by atoms with Crippen molar-refractivity contribution in [3.05, 3.63) is 70.4 Å². The van der Waals surface area contributed by atoms with Gasteiger partial charge in [-0.2, -0.15) is 0 Å². The number of carbonyl (C=O) groups excluding carboxylic acids is 1. The van der Waals surface area contributed by atoms with Crippen molar-refractivity contribution in [3.63, 3.8) is 0 Å². The lowest BCUT2D eigenvalue weighted by atomic mass is 10.2. The summed E-state index contributed by atoms with van der Waals surface area (Å²) in [6.07, 6.45) is 4.98. The van der Waals surface area contributed by atoms with Gasteiger partial charge in [0.15, 0.2) is 0 Å². The van der Waals surface area contributed by atoms with Crippen molar-refractivity contribution in [2.45, 2.75) is 20.3 Å². The molecule has 0 aliphatic rings. The molecule has 0 saturated carbocycles. The van der Waals surface area contributed by atoms with Crippen molar-refractivity contribution in [3.8, 4) is 5.69 Å². The van der Waals surface area contributed by atoms with Gasteiger partial charge in [0, 0.05) is 29.3 Å². The summed E-state index contributed by atoms with van der Waals surface area (Å²) in [7, 11) is 0. The number of carbonyl (C=O) groups is 1. The molecule has 3 aromatic rings. The molecule has 7 heteroatoms.